The number of amides is 1. The van der Waals surface area contributed by atoms with Crippen LogP contribution in [0.15, 0.2) is 35.4 Å². The number of carbonyl (C=O) groups excluding carboxylic acids is 1. The number of rotatable bonds is 3. The molecule has 1 aromatic carbocycles. The van der Waals surface area contributed by atoms with Crippen LogP contribution in [-0.2, 0) is 4.79 Å². The molecule has 0 saturated heterocycles. The maximum absolute atomic E-state index is 11.7. The number of benzene rings is 1. The summed E-state index contributed by atoms with van der Waals surface area (Å²) in [4.78, 5) is 11.7. The third kappa shape index (κ3) is 2.30. The van der Waals surface area contributed by atoms with E-state index in [1.165, 1.54) is 0 Å². The summed E-state index contributed by atoms with van der Waals surface area (Å²) in [6.45, 7) is 4.88. The van der Waals surface area contributed by atoms with Crippen molar-refractivity contribution in [2.45, 2.75) is 20.3 Å². The van der Waals surface area contributed by atoms with E-state index in [4.69, 9.17) is 0 Å². The molecule has 3 nitrogen and oxygen atoms in total. The van der Waals surface area contributed by atoms with Crippen LogP contribution in [0, 0.1) is 5.92 Å². The van der Waals surface area contributed by atoms with Gasteiger partial charge in [-0.2, -0.15) is 5.10 Å². The zero-order valence-corrected chi connectivity index (χ0v) is 9.68. The Hall–Kier alpha value is -1.64. The summed E-state index contributed by atoms with van der Waals surface area (Å²) in [5.74, 6) is 0.551. The van der Waals surface area contributed by atoms with Gasteiger partial charge in [-0.1, -0.05) is 44.2 Å². The summed E-state index contributed by atoms with van der Waals surface area (Å²) in [5.41, 5.74) is 1.92. The van der Waals surface area contributed by atoms with Crippen LogP contribution in [0.1, 0.15) is 25.8 Å². The van der Waals surface area contributed by atoms with E-state index >= 15 is 0 Å². The second-order valence-corrected chi connectivity index (χ2v) is 4.46. The van der Waals surface area contributed by atoms with Gasteiger partial charge in [0.25, 0.3) is 0 Å². The van der Waals surface area contributed by atoms with Crippen LogP contribution in [0.3, 0.4) is 0 Å². The molecule has 1 amide bonds. The molecule has 84 valence electrons. The molecule has 0 radical (unpaired) electrons. The first-order chi connectivity index (χ1) is 7.66. The van der Waals surface area contributed by atoms with Gasteiger partial charge in [-0.05, 0) is 11.5 Å². The minimum Gasteiger partial charge on any atom is -0.273 e. The average Bonchev–Trinajstić information content (AvgIpc) is 2.61. The fraction of sp³-hybridized carbons (Fsp3) is 0.385. The zero-order chi connectivity index (χ0) is 11.5. The van der Waals surface area contributed by atoms with Gasteiger partial charge in [0.1, 0.15) is 0 Å². The van der Waals surface area contributed by atoms with Crippen molar-refractivity contribution >= 4 is 11.6 Å². The minimum atomic E-state index is 0.104. The molecular weight excluding hydrogens is 200 g/mol. The van der Waals surface area contributed by atoms with Crippen molar-refractivity contribution < 1.29 is 4.79 Å². The molecule has 0 aliphatic carbocycles. The topological polar surface area (TPSA) is 32.7 Å². The van der Waals surface area contributed by atoms with Gasteiger partial charge in [-0.15, -0.1) is 0 Å². The molecule has 0 bridgehead atoms. The molecular formula is C13H16N2O. The Labute approximate surface area is 95.8 Å². The molecule has 0 spiro atoms. The highest BCUT2D eigenvalue weighted by molar-refractivity contribution is 6.13. The van der Waals surface area contributed by atoms with Crippen LogP contribution in [-0.4, -0.2) is 23.2 Å². The molecule has 1 heterocycles. The van der Waals surface area contributed by atoms with Gasteiger partial charge >= 0.3 is 0 Å². The largest absolute Gasteiger partial charge is 0.273 e. The van der Waals surface area contributed by atoms with Crippen molar-refractivity contribution in [3.05, 3.63) is 35.9 Å². The zero-order valence-electron chi connectivity index (χ0n) is 9.68. The molecule has 3 heteroatoms. The Morgan fingerprint density at radius 3 is 2.62 bits per heavy atom. The minimum absolute atomic E-state index is 0.104. The van der Waals surface area contributed by atoms with Gasteiger partial charge in [0.05, 0.1) is 12.1 Å². The van der Waals surface area contributed by atoms with Gasteiger partial charge < -0.3 is 0 Å². The lowest BCUT2D eigenvalue weighted by Gasteiger charge is -2.13. The summed E-state index contributed by atoms with van der Waals surface area (Å²) in [6, 6.07) is 9.88. The van der Waals surface area contributed by atoms with Crippen molar-refractivity contribution in [1.82, 2.24) is 5.01 Å². The first kappa shape index (κ1) is 10.9. The summed E-state index contributed by atoms with van der Waals surface area (Å²) < 4.78 is 0. The highest BCUT2D eigenvalue weighted by atomic mass is 16.2. The third-order valence-electron chi connectivity index (χ3n) is 2.49. The fourth-order valence-corrected chi connectivity index (χ4v) is 1.75. The maximum atomic E-state index is 11.7. The van der Waals surface area contributed by atoms with Crippen molar-refractivity contribution in [3.8, 4) is 0 Å². The second-order valence-electron chi connectivity index (χ2n) is 4.46. The number of nitrogens with zero attached hydrogens (tertiary/aromatic N) is 2. The molecule has 16 heavy (non-hydrogen) atoms. The normalized spacial score (nSPS) is 15.8. The highest BCUT2D eigenvalue weighted by Crippen LogP contribution is 2.15. The molecule has 0 atom stereocenters. The molecule has 2 rings (SSSR count). The Morgan fingerprint density at radius 1 is 1.31 bits per heavy atom. The van der Waals surface area contributed by atoms with Crippen molar-refractivity contribution in [2.75, 3.05) is 6.54 Å². The maximum Gasteiger partial charge on any atom is 0.248 e. The number of hydrazone groups is 1. The van der Waals surface area contributed by atoms with E-state index in [1.807, 2.05) is 30.3 Å². The number of carbonyl (C=O) groups is 1. The second kappa shape index (κ2) is 4.47. The Balaban J connectivity index is 2.17. The third-order valence-corrected chi connectivity index (χ3v) is 2.49. The lowest BCUT2D eigenvalue weighted by molar-refractivity contribution is -0.129. The molecule has 0 N–H and O–H groups in total. The van der Waals surface area contributed by atoms with E-state index < -0.39 is 0 Å². The summed E-state index contributed by atoms with van der Waals surface area (Å²) in [7, 11) is 0. The summed E-state index contributed by atoms with van der Waals surface area (Å²) in [5, 5.41) is 5.97. The first-order valence-corrected chi connectivity index (χ1v) is 5.60. The van der Waals surface area contributed by atoms with E-state index in [2.05, 4.69) is 18.9 Å². The van der Waals surface area contributed by atoms with Crippen LogP contribution < -0.4 is 0 Å². The van der Waals surface area contributed by atoms with E-state index in [-0.39, 0.29) is 5.91 Å². The van der Waals surface area contributed by atoms with E-state index in [9.17, 15) is 4.79 Å². The molecule has 1 aliphatic rings. The smallest absolute Gasteiger partial charge is 0.248 e. The van der Waals surface area contributed by atoms with Crippen LogP contribution in [0.2, 0.25) is 0 Å². The Bertz CT molecular complexity index is 409. The fourth-order valence-electron chi connectivity index (χ4n) is 1.75. The molecule has 0 fully saturated rings. The van der Waals surface area contributed by atoms with Crippen molar-refractivity contribution in [1.29, 1.82) is 0 Å². The van der Waals surface area contributed by atoms with Crippen LogP contribution in [0.5, 0.6) is 0 Å². The predicted molar refractivity (Wildman–Crippen MR) is 64.1 cm³/mol. The Kier molecular flexibility index (Phi) is 3.04. The van der Waals surface area contributed by atoms with Gasteiger partial charge in [0, 0.05) is 6.54 Å². The summed E-state index contributed by atoms with van der Waals surface area (Å²) >= 11 is 0. The van der Waals surface area contributed by atoms with Crippen LogP contribution >= 0.6 is 0 Å². The Morgan fingerprint density at radius 2 is 2.00 bits per heavy atom. The van der Waals surface area contributed by atoms with Crippen LogP contribution in [0.25, 0.3) is 0 Å². The number of hydrogen-bond donors (Lipinski definition) is 0. The lowest BCUT2D eigenvalue weighted by atomic mass is 10.1. The van der Waals surface area contributed by atoms with Crippen molar-refractivity contribution in [2.24, 2.45) is 11.0 Å². The SMILES string of the molecule is CC(C)CN1N=C(c2ccccc2)CC1=O. The van der Waals surface area contributed by atoms with Gasteiger partial charge in [-0.25, -0.2) is 5.01 Å². The highest BCUT2D eigenvalue weighted by Gasteiger charge is 2.24. The van der Waals surface area contributed by atoms with Gasteiger partial charge in [-0.3, -0.25) is 4.79 Å². The van der Waals surface area contributed by atoms with Crippen LogP contribution in [0.4, 0.5) is 0 Å². The summed E-state index contributed by atoms with van der Waals surface area (Å²) in [6.07, 6.45) is 0.427. The van der Waals surface area contributed by atoms with Gasteiger partial charge in [0.15, 0.2) is 0 Å². The molecule has 0 aromatic heterocycles. The van der Waals surface area contributed by atoms with Gasteiger partial charge in [0.2, 0.25) is 5.91 Å². The van der Waals surface area contributed by atoms with E-state index in [0.29, 0.717) is 18.9 Å². The molecule has 1 aliphatic heterocycles. The first-order valence-electron chi connectivity index (χ1n) is 5.60. The van der Waals surface area contributed by atoms with E-state index in [0.717, 1.165) is 11.3 Å². The lowest BCUT2D eigenvalue weighted by Crippen LogP contribution is -2.24. The molecule has 1 aromatic rings. The standard InChI is InChI=1S/C13H16N2O/c1-10(2)9-15-13(16)8-12(14-15)11-6-4-3-5-7-11/h3-7,10H,8-9H2,1-2H3. The molecule has 0 unspecified atom stereocenters. The quantitative estimate of drug-likeness (QED) is 0.763. The predicted octanol–water partition coefficient (Wildman–Crippen LogP) is 2.28. The van der Waals surface area contributed by atoms with E-state index in [1.54, 1.807) is 5.01 Å². The van der Waals surface area contributed by atoms with Crippen molar-refractivity contribution in [3.63, 3.8) is 0 Å². The monoisotopic (exact) mass is 216 g/mol. The number of hydrogen-bond acceptors (Lipinski definition) is 2. The molecule has 0 saturated carbocycles. The average molecular weight is 216 g/mol.